The summed E-state index contributed by atoms with van der Waals surface area (Å²) in [6.07, 6.45) is -1.90. The van der Waals surface area contributed by atoms with Crippen molar-refractivity contribution in [3.8, 4) is 23.0 Å². The van der Waals surface area contributed by atoms with Crippen LogP contribution in [-0.4, -0.2) is 24.3 Å². The van der Waals surface area contributed by atoms with Gasteiger partial charge in [0.25, 0.3) is 12.2 Å². The third-order valence-electron chi connectivity index (χ3n) is 3.66. The zero-order valence-corrected chi connectivity index (χ0v) is 17.0. The number of aromatic nitrogens is 2. The van der Waals surface area contributed by atoms with Crippen LogP contribution in [0.3, 0.4) is 0 Å². The maximum atomic E-state index is 12.8. The number of alkyl halides is 3. The molecule has 0 atom stereocenters. The van der Waals surface area contributed by atoms with Gasteiger partial charge in [-0.3, -0.25) is 4.79 Å². The Hall–Kier alpha value is -3.44. The molecule has 3 aromatic rings. The molecule has 1 amide bonds. The predicted molar refractivity (Wildman–Crippen MR) is 107 cm³/mol. The average molecular weight is 493 g/mol. The second-order valence-electron chi connectivity index (χ2n) is 5.92. The number of nitrogens with zero attached hydrogens (tertiary/aromatic N) is 2. The van der Waals surface area contributed by atoms with Gasteiger partial charge >= 0.3 is 6.36 Å². The van der Waals surface area contributed by atoms with E-state index in [4.69, 9.17) is 36.8 Å². The number of nitrogens with one attached hydrogen (secondary N) is 1. The van der Waals surface area contributed by atoms with Gasteiger partial charge < -0.3 is 24.7 Å². The number of hydrogen-bond acceptors (Lipinski definition) is 6. The monoisotopic (exact) mass is 492 g/mol. The summed E-state index contributed by atoms with van der Waals surface area (Å²) >= 11 is 12.0. The van der Waals surface area contributed by atoms with Crippen LogP contribution in [0.4, 0.5) is 18.9 Å². The number of carbonyl (C=O) groups is 1. The van der Waals surface area contributed by atoms with Gasteiger partial charge in [0.1, 0.15) is 23.4 Å². The SMILES string of the molecule is [2H]C([2H])([2H])Oc1cc(OC(F)(F)F)ccc1Oc1cc(Cl)c(Cl)cc1C(=O)Nc1cnc[n+]([O-])c1. The van der Waals surface area contributed by atoms with Crippen molar-refractivity contribution >= 4 is 34.8 Å². The maximum Gasteiger partial charge on any atom is 0.573 e. The number of anilines is 1. The van der Waals surface area contributed by atoms with Gasteiger partial charge in [0.15, 0.2) is 17.7 Å². The van der Waals surface area contributed by atoms with Gasteiger partial charge in [0.2, 0.25) is 0 Å². The molecule has 1 aromatic heterocycles. The first-order valence-corrected chi connectivity index (χ1v) is 9.07. The minimum absolute atomic E-state index is 0.0181. The molecule has 8 nitrogen and oxygen atoms in total. The van der Waals surface area contributed by atoms with Gasteiger partial charge in [-0.15, -0.1) is 13.2 Å². The lowest BCUT2D eigenvalue weighted by Crippen LogP contribution is -2.26. The van der Waals surface area contributed by atoms with Crippen molar-refractivity contribution in [1.29, 1.82) is 0 Å². The van der Waals surface area contributed by atoms with Crippen LogP contribution in [-0.2, 0) is 0 Å². The van der Waals surface area contributed by atoms with Gasteiger partial charge in [0, 0.05) is 12.1 Å². The Morgan fingerprint density at radius 3 is 2.62 bits per heavy atom. The fourth-order valence-electron chi connectivity index (χ4n) is 2.40. The molecule has 13 heteroatoms. The number of methoxy groups -OCH3 is 1. The van der Waals surface area contributed by atoms with E-state index < -0.39 is 30.8 Å². The van der Waals surface area contributed by atoms with Gasteiger partial charge in [0.05, 0.1) is 26.8 Å². The summed E-state index contributed by atoms with van der Waals surface area (Å²) in [5, 5.41) is 13.7. The summed E-state index contributed by atoms with van der Waals surface area (Å²) in [5.74, 6) is -2.91. The molecule has 0 spiro atoms. The lowest BCUT2D eigenvalue weighted by Gasteiger charge is -2.16. The van der Waals surface area contributed by atoms with Crippen molar-refractivity contribution in [3.63, 3.8) is 0 Å². The lowest BCUT2D eigenvalue weighted by atomic mass is 10.1. The van der Waals surface area contributed by atoms with Crippen LogP contribution in [0.25, 0.3) is 0 Å². The van der Waals surface area contributed by atoms with E-state index in [9.17, 15) is 23.2 Å². The van der Waals surface area contributed by atoms with Crippen LogP contribution in [0, 0.1) is 5.21 Å². The molecule has 0 bridgehead atoms. The molecule has 3 rings (SSSR count). The van der Waals surface area contributed by atoms with Crippen LogP contribution in [0.5, 0.6) is 23.0 Å². The normalized spacial score (nSPS) is 12.8. The molecule has 0 aliphatic carbocycles. The van der Waals surface area contributed by atoms with E-state index in [2.05, 4.69) is 15.0 Å². The van der Waals surface area contributed by atoms with E-state index in [0.717, 1.165) is 36.8 Å². The number of ether oxygens (including phenoxy) is 3. The van der Waals surface area contributed by atoms with Crippen LogP contribution < -0.4 is 24.3 Å². The number of rotatable bonds is 6. The summed E-state index contributed by atoms with van der Waals surface area (Å²) in [6.45, 7) is 0. The first-order valence-electron chi connectivity index (χ1n) is 9.81. The number of amides is 1. The highest BCUT2D eigenvalue weighted by atomic mass is 35.5. The van der Waals surface area contributed by atoms with E-state index >= 15 is 0 Å². The number of carbonyl (C=O) groups excluding carboxylic acids is 1. The Labute approximate surface area is 192 Å². The third-order valence-corrected chi connectivity index (χ3v) is 4.39. The summed E-state index contributed by atoms with van der Waals surface area (Å²) < 4.78 is 74.0. The first-order chi connectivity index (χ1) is 16.2. The van der Waals surface area contributed by atoms with E-state index in [-0.39, 0.29) is 32.8 Å². The Balaban J connectivity index is 2.00. The smallest absolute Gasteiger partial charge is 0.573 e. The fraction of sp³-hybridized carbons (Fsp3) is 0.105. The van der Waals surface area contributed by atoms with Crippen molar-refractivity contribution in [2.45, 2.75) is 6.36 Å². The highest BCUT2D eigenvalue weighted by Gasteiger charge is 2.31. The van der Waals surface area contributed by atoms with E-state index in [1.165, 1.54) is 6.20 Å². The predicted octanol–water partition coefficient (Wildman–Crippen LogP) is 4.97. The van der Waals surface area contributed by atoms with Crippen molar-refractivity contribution in [1.82, 2.24) is 4.98 Å². The van der Waals surface area contributed by atoms with Gasteiger partial charge in [-0.2, -0.15) is 0 Å². The highest BCUT2D eigenvalue weighted by molar-refractivity contribution is 6.42. The van der Waals surface area contributed by atoms with E-state index in [0.29, 0.717) is 10.8 Å². The molecule has 0 aliphatic heterocycles. The highest BCUT2D eigenvalue weighted by Crippen LogP contribution is 2.39. The van der Waals surface area contributed by atoms with Gasteiger partial charge in [-0.25, -0.2) is 4.73 Å². The molecule has 0 saturated carbocycles. The fourth-order valence-corrected chi connectivity index (χ4v) is 2.72. The third kappa shape index (κ3) is 5.83. The lowest BCUT2D eigenvalue weighted by molar-refractivity contribution is -0.608. The number of hydrogen-bond donors (Lipinski definition) is 1. The molecule has 0 saturated heterocycles. The molecule has 2 aromatic carbocycles. The number of halogens is 5. The summed E-state index contributed by atoms with van der Waals surface area (Å²) in [4.78, 5) is 16.5. The Bertz CT molecular complexity index is 1260. The molecule has 1 N–H and O–H groups in total. The molecule has 0 aliphatic rings. The second kappa shape index (κ2) is 9.37. The van der Waals surface area contributed by atoms with Gasteiger partial charge in [-0.1, -0.05) is 28.2 Å². The minimum atomic E-state index is -5.05. The topological polar surface area (TPSA) is 96.6 Å². The molecule has 0 fully saturated rings. The number of benzene rings is 2. The van der Waals surface area contributed by atoms with E-state index in [1.54, 1.807) is 0 Å². The average Bonchev–Trinajstić information content (AvgIpc) is 2.70. The molecule has 0 unspecified atom stereocenters. The van der Waals surface area contributed by atoms with Crippen molar-refractivity contribution in [2.75, 3.05) is 12.4 Å². The maximum absolute atomic E-state index is 12.8. The molecule has 0 radical (unpaired) electrons. The second-order valence-corrected chi connectivity index (χ2v) is 6.73. The minimum Gasteiger partial charge on any atom is -0.711 e. The molecular weight excluding hydrogens is 478 g/mol. The van der Waals surface area contributed by atoms with Gasteiger partial charge in [-0.05, 0) is 18.2 Å². The summed E-state index contributed by atoms with van der Waals surface area (Å²) in [6, 6.07) is 4.68. The summed E-state index contributed by atoms with van der Waals surface area (Å²) in [7, 11) is -3.07. The van der Waals surface area contributed by atoms with Crippen LogP contribution in [0.15, 0.2) is 49.1 Å². The first kappa shape index (κ1) is 19.3. The van der Waals surface area contributed by atoms with Crippen molar-refractivity contribution in [3.05, 3.63) is 69.9 Å². The summed E-state index contributed by atoms with van der Waals surface area (Å²) in [5.41, 5.74) is -0.208. The van der Waals surface area contributed by atoms with Crippen molar-refractivity contribution < 1.29 is 41.0 Å². The molecule has 168 valence electrons. The zero-order chi connectivity index (χ0) is 26.0. The standard InChI is InChI=1S/C19H12Cl2F3N3O5/c1-30-17-4-11(32-19(22,23)24)2-3-15(17)31-16-6-14(21)13(20)5-12(16)18(28)26-10-7-25-9-27(29)8-10/h2-9H,1H3,(H,26,28)/i1D3. The van der Waals surface area contributed by atoms with Crippen molar-refractivity contribution in [2.24, 2.45) is 0 Å². The van der Waals surface area contributed by atoms with Crippen LogP contribution >= 0.6 is 23.2 Å². The zero-order valence-electron chi connectivity index (χ0n) is 18.4. The molecule has 32 heavy (non-hydrogen) atoms. The Morgan fingerprint density at radius 2 is 1.94 bits per heavy atom. The Kier molecular flexibility index (Phi) is 5.64. The van der Waals surface area contributed by atoms with Crippen LogP contribution in [0.2, 0.25) is 10.0 Å². The molecule has 1 heterocycles. The van der Waals surface area contributed by atoms with Crippen LogP contribution in [0.1, 0.15) is 14.5 Å². The molecular formula is C19H12Cl2F3N3O5. The largest absolute Gasteiger partial charge is 0.711 e. The van der Waals surface area contributed by atoms with E-state index in [1.807, 2.05) is 0 Å². The Morgan fingerprint density at radius 1 is 1.19 bits per heavy atom. The quantitative estimate of drug-likeness (QED) is 0.385.